The molecule has 0 bridgehead atoms. The molecule has 2 amide bonds. The van der Waals surface area contributed by atoms with Gasteiger partial charge in [0.2, 0.25) is 5.91 Å². The van der Waals surface area contributed by atoms with Crippen molar-refractivity contribution in [3.63, 3.8) is 0 Å². The van der Waals surface area contributed by atoms with Gasteiger partial charge in [0.25, 0.3) is 5.91 Å². The van der Waals surface area contributed by atoms with E-state index in [-0.39, 0.29) is 24.1 Å². The molecule has 0 spiro atoms. The number of carbonyl (C=O) groups excluding carboxylic acids is 2. The first-order chi connectivity index (χ1) is 11.9. The van der Waals surface area contributed by atoms with Crippen LogP contribution in [-0.4, -0.2) is 29.8 Å². The number of nitrogens with zero attached hydrogens (tertiary/aromatic N) is 1. The van der Waals surface area contributed by atoms with Gasteiger partial charge >= 0.3 is 0 Å². The highest BCUT2D eigenvalue weighted by Gasteiger charge is 2.13. The van der Waals surface area contributed by atoms with Gasteiger partial charge in [-0.25, -0.2) is 4.39 Å². The fraction of sp³-hybridized carbons (Fsp3) is 0.263. The summed E-state index contributed by atoms with van der Waals surface area (Å²) in [7, 11) is 0. The number of amides is 2. The SMILES string of the molecule is CCN(CC)C(=O)c1cccc(NC(=O)Cc2ccc(F)c(Br)c2)c1. The molecule has 2 rings (SSSR count). The van der Waals surface area contributed by atoms with E-state index >= 15 is 0 Å². The van der Waals surface area contributed by atoms with Gasteiger partial charge in [-0.3, -0.25) is 9.59 Å². The molecule has 0 unspecified atom stereocenters. The molecule has 2 aromatic rings. The van der Waals surface area contributed by atoms with Crippen LogP contribution in [0.25, 0.3) is 0 Å². The number of hydrogen-bond acceptors (Lipinski definition) is 2. The number of halogens is 2. The predicted molar refractivity (Wildman–Crippen MR) is 100 cm³/mol. The average Bonchev–Trinajstić information content (AvgIpc) is 2.59. The maximum absolute atomic E-state index is 13.2. The molecule has 25 heavy (non-hydrogen) atoms. The molecule has 2 aromatic carbocycles. The van der Waals surface area contributed by atoms with Crippen LogP contribution in [0.2, 0.25) is 0 Å². The van der Waals surface area contributed by atoms with Gasteiger partial charge in [0.15, 0.2) is 0 Å². The van der Waals surface area contributed by atoms with Gasteiger partial charge in [-0.15, -0.1) is 0 Å². The van der Waals surface area contributed by atoms with Crippen molar-refractivity contribution in [2.24, 2.45) is 0 Å². The first-order valence-corrected chi connectivity index (χ1v) is 8.87. The van der Waals surface area contributed by atoms with Crippen molar-refractivity contribution in [1.82, 2.24) is 4.90 Å². The van der Waals surface area contributed by atoms with Gasteiger partial charge in [0.05, 0.1) is 10.9 Å². The van der Waals surface area contributed by atoms with E-state index in [0.717, 1.165) is 0 Å². The standard InChI is InChI=1S/C19H20BrFN2O2/c1-3-23(4-2)19(25)14-6-5-7-15(12-14)22-18(24)11-13-8-9-17(21)16(20)10-13/h5-10,12H,3-4,11H2,1-2H3,(H,22,24). The molecule has 0 heterocycles. The second-order valence-corrected chi connectivity index (χ2v) is 6.39. The Kier molecular flexibility index (Phi) is 6.70. The van der Waals surface area contributed by atoms with Crippen molar-refractivity contribution < 1.29 is 14.0 Å². The quantitative estimate of drug-likeness (QED) is 0.779. The molecule has 4 nitrogen and oxygen atoms in total. The fourth-order valence-electron chi connectivity index (χ4n) is 2.46. The van der Waals surface area contributed by atoms with E-state index in [1.165, 1.54) is 6.07 Å². The Morgan fingerprint density at radius 1 is 1.12 bits per heavy atom. The Labute approximate surface area is 155 Å². The highest BCUT2D eigenvalue weighted by molar-refractivity contribution is 9.10. The van der Waals surface area contributed by atoms with E-state index in [0.29, 0.717) is 34.4 Å². The average molecular weight is 407 g/mol. The first kappa shape index (κ1) is 19.1. The van der Waals surface area contributed by atoms with E-state index < -0.39 is 0 Å². The Morgan fingerprint density at radius 3 is 2.48 bits per heavy atom. The number of benzene rings is 2. The predicted octanol–water partition coefficient (Wildman–Crippen LogP) is 4.25. The summed E-state index contributed by atoms with van der Waals surface area (Å²) in [6.07, 6.45) is 0.118. The minimum absolute atomic E-state index is 0.0661. The van der Waals surface area contributed by atoms with Crippen LogP contribution in [0, 0.1) is 5.82 Å². The van der Waals surface area contributed by atoms with Gasteiger partial charge in [0.1, 0.15) is 5.82 Å². The molecule has 0 aliphatic rings. The van der Waals surface area contributed by atoms with Crippen LogP contribution in [0.1, 0.15) is 29.8 Å². The summed E-state index contributed by atoms with van der Waals surface area (Å²) in [5.74, 6) is -0.665. The fourth-order valence-corrected chi connectivity index (χ4v) is 2.89. The van der Waals surface area contributed by atoms with Crippen LogP contribution in [0.3, 0.4) is 0 Å². The summed E-state index contributed by atoms with van der Waals surface area (Å²) in [5.41, 5.74) is 1.79. The third-order valence-electron chi connectivity index (χ3n) is 3.79. The number of rotatable bonds is 6. The van der Waals surface area contributed by atoms with Crippen molar-refractivity contribution in [3.8, 4) is 0 Å². The van der Waals surface area contributed by atoms with Crippen LogP contribution in [0.5, 0.6) is 0 Å². The third-order valence-corrected chi connectivity index (χ3v) is 4.40. The van der Waals surface area contributed by atoms with Crippen molar-refractivity contribution in [2.75, 3.05) is 18.4 Å². The maximum Gasteiger partial charge on any atom is 0.253 e. The smallest absolute Gasteiger partial charge is 0.253 e. The lowest BCUT2D eigenvalue weighted by atomic mass is 10.1. The van der Waals surface area contributed by atoms with Gasteiger partial charge in [0, 0.05) is 24.3 Å². The van der Waals surface area contributed by atoms with Crippen LogP contribution in [-0.2, 0) is 11.2 Å². The van der Waals surface area contributed by atoms with E-state index in [4.69, 9.17) is 0 Å². The number of hydrogen-bond donors (Lipinski definition) is 1. The highest BCUT2D eigenvalue weighted by atomic mass is 79.9. The summed E-state index contributed by atoms with van der Waals surface area (Å²) in [6.45, 7) is 5.11. The molecule has 6 heteroatoms. The number of carbonyl (C=O) groups is 2. The summed E-state index contributed by atoms with van der Waals surface area (Å²) >= 11 is 3.11. The minimum Gasteiger partial charge on any atom is -0.339 e. The van der Waals surface area contributed by atoms with Crippen molar-refractivity contribution in [2.45, 2.75) is 20.3 Å². The van der Waals surface area contributed by atoms with Crippen LogP contribution < -0.4 is 5.32 Å². The highest BCUT2D eigenvalue weighted by Crippen LogP contribution is 2.18. The van der Waals surface area contributed by atoms with Crippen molar-refractivity contribution in [1.29, 1.82) is 0 Å². The van der Waals surface area contributed by atoms with Gasteiger partial charge in [-0.1, -0.05) is 12.1 Å². The Balaban J connectivity index is 2.07. The summed E-state index contributed by atoms with van der Waals surface area (Å²) in [4.78, 5) is 26.3. The Hall–Kier alpha value is -2.21. The van der Waals surface area contributed by atoms with Gasteiger partial charge in [-0.2, -0.15) is 0 Å². The zero-order valence-corrected chi connectivity index (χ0v) is 15.8. The third kappa shape index (κ3) is 5.13. The second-order valence-electron chi connectivity index (χ2n) is 5.53. The zero-order valence-electron chi connectivity index (χ0n) is 14.2. The van der Waals surface area contributed by atoms with Crippen molar-refractivity contribution in [3.05, 3.63) is 63.9 Å². The molecular formula is C19H20BrFN2O2. The molecule has 1 N–H and O–H groups in total. The van der Waals surface area contributed by atoms with E-state index in [1.54, 1.807) is 41.3 Å². The van der Waals surface area contributed by atoms with Gasteiger partial charge < -0.3 is 10.2 Å². The van der Waals surface area contributed by atoms with Gasteiger partial charge in [-0.05, 0) is 65.7 Å². The topological polar surface area (TPSA) is 49.4 Å². The molecule has 0 aromatic heterocycles. The molecule has 0 fully saturated rings. The lowest BCUT2D eigenvalue weighted by Crippen LogP contribution is -2.30. The number of nitrogens with one attached hydrogen (secondary N) is 1. The summed E-state index contributed by atoms with van der Waals surface area (Å²) < 4.78 is 13.6. The molecule has 0 aliphatic carbocycles. The molecule has 0 radical (unpaired) electrons. The molecular weight excluding hydrogens is 387 g/mol. The largest absolute Gasteiger partial charge is 0.339 e. The minimum atomic E-state index is -0.369. The normalized spacial score (nSPS) is 10.4. The van der Waals surface area contributed by atoms with Crippen molar-refractivity contribution >= 4 is 33.4 Å². The summed E-state index contributed by atoms with van der Waals surface area (Å²) in [5, 5.41) is 2.78. The second kappa shape index (κ2) is 8.76. The van der Waals surface area contributed by atoms with E-state index in [1.807, 2.05) is 13.8 Å². The maximum atomic E-state index is 13.2. The lowest BCUT2D eigenvalue weighted by molar-refractivity contribution is -0.115. The van der Waals surface area contributed by atoms with E-state index in [9.17, 15) is 14.0 Å². The lowest BCUT2D eigenvalue weighted by Gasteiger charge is -2.19. The molecule has 0 saturated carbocycles. The zero-order chi connectivity index (χ0) is 18.4. The van der Waals surface area contributed by atoms with Crippen LogP contribution in [0.15, 0.2) is 46.9 Å². The summed E-state index contributed by atoms with van der Waals surface area (Å²) in [6, 6.07) is 11.3. The number of anilines is 1. The Bertz CT molecular complexity index is 776. The Morgan fingerprint density at radius 2 is 1.84 bits per heavy atom. The molecule has 0 aliphatic heterocycles. The molecule has 0 atom stereocenters. The molecule has 132 valence electrons. The molecule has 0 saturated heterocycles. The van der Waals surface area contributed by atoms with Crippen LogP contribution in [0.4, 0.5) is 10.1 Å². The first-order valence-electron chi connectivity index (χ1n) is 8.07. The van der Waals surface area contributed by atoms with Crippen LogP contribution >= 0.6 is 15.9 Å². The van der Waals surface area contributed by atoms with E-state index in [2.05, 4.69) is 21.2 Å². The monoisotopic (exact) mass is 406 g/mol.